The molecule has 3 heteroatoms. The van der Waals surface area contributed by atoms with E-state index in [1.807, 2.05) is 27.7 Å². The summed E-state index contributed by atoms with van der Waals surface area (Å²) in [6, 6.07) is 0. The van der Waals surface area contributed by atoms with E-state index in [0.29, 0.717) is 6.42 Å². The Balaban J connectivity index is 3.74. The molecule has 0 aliphatic rings. The molecule has 0 aromatic carbocycles. The molecule has 1 N–H and O–H groups in total. The predicted molar refractivity (Wildman–Crippen MR) is 51.4 cm³/mol. The Bertz CT molecular complexity index is 158. The van der Waals surface area contributed by atoms with Gasteiger partial charge in [0.2, 0.25) is 0 Å². The van der Waals surface area contributed by atoms with Gasteiger partial charge in [0, 0.05) is 0 Å². The van der Waals surface area contributed by atoms with Crippen LogP contribution in [0.1, 0.15) is 47.0 Å². The normalized spacial score (nSPS) is 13.9. The zero-order valence-electron chi connectivity index (χ0n) is 8.96. The molecule has 78 valence electrons. The molecule has 0 saturated carbocycles. The SMILES string of the molecule is CCC[C@H](O)CC(=O)OC(C)(C)C. The zero-order valence-corrected chi connectivity index (χ0v) is 8.96. The first kappa shape index (κ1) is 12.4. The van der Waals surface area contributed by atoms with Gasteiger partial charge >= 0.3 is 5.97 Å². The number of carbonyl (C=O) groups excluding carboxylic acids is 1. The number of esters is 1. The maximum atomic E-state index is 11.2. The predicted octanol–water partition coefficient (Wildman–Crippen LogP) is 1.88. The fourth-order valence-corrected chi connectivity index (χ4v) is 1.01. The van der Waals surface area contributed by atoms with E-state index in [1.165, 1.54) is 0 Å². The molecule has 1 atom stereocenters. The van der Waals surface area contributed by atoms with Crippen LogP contribution < -0.4 is 0 Å². The van der Waals surface area contributed by atoms with Crippen molar-refractivity contribution in [3.8, 4) is 0 Å². The number of hydrogen-bond acceptors (Lipinski definition) is 3. The lowest BCUT2D eigenvalue weighted by Crippen LogP contribution is -2.26. The van der Waals surface area contributed by atoms with E-state index < -0.39 is 11.7 Å². The molecule has 0 rings (SSSR count). The van der Waals surface area contributed by atoms with Crippen molar-refractivity contribution in [1.82, 2.24) is 0 Å². The molecular formula is C10H20O3. The molecule has 0 spiro atoms. The Kier molecular flexibility index (Phi) is 4.99. The third-order valence-electron chi connectivity index (χ3n) is 1.44. The average molecular weight is 188 g/mol. The van der Waals surface area contributed by atoms with E-state index in [2.05, 4.69) is 0 Å². The van der Waals surface area contributed by atoms with Crippen molar-refractivity contribution in [2.75, 3.05) is 0 Å². The van der Waals surface area contributed by atoms with Crippen LogP contribution in [0.15, 0.2) is 0 Å². The largest absolute Gasteiger partial charge is 0.460 e. The summed E-state index contributed by atoms with van der Waals surface area (Å²) < 4.78 is 5.06. The Morgan fingerprint density at radius 1 is 1.46 bits per heavy atom. The van der Waals surface area contributed by atoms with Gasteiger partial charge in [0.05, 0.1) is 12.5 Å². The lowest BCUT2D eigenvalue weighted by molar-refractivity contribution is -0.157. The summed E-state index contributed by atoms with van der Waals surface area (Å²) in [5.74, 6) is -0.326. The number of hydrogen-bond donors (Lipinski definition) is 1. The maximum Gasteiger partial charge on any atom is 0.308 e. The molecule has 0 unspecified atom stereocenters. The Morgan fingerprint density at radius 3 is 2.38 bits per heavy atom. The van der Waals surface area contributed by atoms with E-state index in [4.69, 9.17) is 4.74 Å². The van der Waals surface area contributed by atoms with E-state index in [1.54, 1.807) is 0 Å². The van der Waals surface area contributed by atoms with E-state index >= 15 is 0 Å². The zero-order chi connectivity index (χ0) is 10.5. The van der Waals surface area contributed by atoms with Crippen LogP contribution in [0.4, 0.5) is 0 Å². The number of carbonyl (C=O) groups is 1. The van der Waals surface area contributed by atoms with E-state index in [0.717, 1.165) is 6.42 Å². The van der Waals surface area contributed by atoms with Crippen LogP contribution >= 0.6 is 0 Å². The van der Waals surface area contributed by atoms with Gasteiger partial charge in [-0.2, -0.15) is 0 Å². The summed E-state index contributed by atoms with van der Waals surface area (Å²) in [7, 11) is 0. The highest BCUT2D eigenvalue weighted by molar-refractivity contribution is 5.70. The minimum atomic E-state index is -0.556. The third-order valence-corrected chi connectivity index (χ3v) is 1.44. The quantitative estimate of drug-likeness (QED) is 0.685. The molecule has 0 aromatic rings. The Hall–Kier alpha value is -0.570. The fraction of sp³-hybridized carbons (Fsp3) is 0.900. The summed E-state index contributed by atoms with van der Waals surface area (Å²) in [6.07, 6.45) is 1.08. The molecule has 3 nitrogen and oxygen atoms in total. The standard InChI is InChI=1S/C10H20O3/c1-5-6-8(11)7-9(12)13-10(2,3)4/h8,11H,5-7H2,1-4H3/t8-/m0/s1. The topological polar surface area (TPSA) is 46.5 Å². The fourth-order valence-electron chi connectivity index (χ4n) is 1.01. The van der Waals surface area contributed by atoms with Crippen molar-refractivity contribution in [2.45, 2.75) is 58.7 Å². The van der Waals surface area contributed by atoms with Crippen LogP contribution in [0, 0.1) is 0 Å². The molecule has 13 heavy (non-hydrogen) atoms. The molecule has 0 radical (unpaired) electrons. The first-order valence-electron chi connectivity index (χ1n) is 4.75. The second-order valence-corrected chi connectivity index (χ2v) is 4.23. The molecule has 0 amide bonds. The van der Waals surface area contributed by atoms with Crippen LogP contribution in [-0.4, -0.2) is 22.8 Å². The second kappa shape index (κ2) is 5.22. The molecule has 0 aromatic heterocycles. The lowest BCUT2D eigenvalue weighted by atomic mass is 10.1. The van der Waals surface area contributed by atoms with Gasteiger partial charge in [-0.3, -0.25) is 4.79 Å². The molecule has 0 aliphatic heterocycles. The summed E-state index contributed by atoms with van der Waals surface area (Å²) in [4.78, 5) is 11.2. The summed E-state index contributed by atoms with van der Waals surface area (Å²) in [5, 5.41) is 9.32. The highest BCUT2D eigenvalue weighted by atomic mass is 16.6. The summed E-state index contributed by atoms with van der Waals surface area (Å²) >= 11 is 0. The number of rotatable bonds is 4. The van der Waals surface area contributed by atoms with E-state index in [9.17, 15) is 9.90 Å². The molecule has 0 aliphatic carbocycles. The van der Waals surface area contributed by atoms with Crippen molar-refractivity contribution in [1.29, 1.82) is 0 Å². The van der Waals surface area contributed by atoms with Crippen molar-refractivity contribution in [2.24, 2.45) is 0 Å². The van der Waals surface area contributed by atoms with Crippen molar-refractivity contribution in [3.05, 3.63) is 0 Å². The molecule has 0 fully saturated rings. The van der Waals surface area contributed by atoms with Crippen molar-refractivity contribution < 1.29 is 14.6 Å². The van der Waals surface area contributed by atoms with Crippen LogP contribution in [0.2, 0.25) is 0 Å². The Labute approximate surface area is 80.1 Å². The molecule has 0 saturated heterocycles. The molecule has 0 bridgehead atoms. The number of ether oxygens (including phenoxy) is 1. The second-order valence-electron chi connectivity index (χ2n) is 4.23. The van der Waals surface area contributed by atoms with Gasteiger partial charge < -0.3 is 9.84 Å². The lowest BCUT2D eigenvalue weighted by Gasteiger charge is -2.20. The van der Waals surface area contributed by atoms with Crippen LogP contribution in [0.25, 0.3) is 0 Å². The third kappa shape index (κ3) is 7.78. The monoisotopic (exact) mass is 188 g/mol. The summed E-state index contributed by atoms with van der Waals surface area (Å²) in [6.45, 7) is 7.42. The highest BCUT2D eigenvalue weighted by Gasteiger charge is 2.18. The molecule has 0 heterocycles. The first-order chi connectivity index (χ1) is 5.85. The summed E-state index contributed by atoms with van der Waals surface area (Å²) in [5.41, 5.74) is -0.455. The average Bonchev–Trinajstić information content (AvgIpc) is 1.81. The van der Waals surface area contributed by atoms with Gasteiger partial charge in [0.25, 0.3) is 0 Å². The van der Waals surface area contributed by atoms with Gasteiger partial charge in [-0.25, -0.2) is 0 Å². The van der Waals surface area contributed by atoms with Crippen LogP contribution in [-0.2, 0) is 9.53 Å². The number of aliphatic hydroxyl groups excluding tert-OH is 1. The van der Waals surface area contributed by atoms with Gasteiger partial charge in [-0.15, -0.1) is 0 Å². The van der Waals surface area contributed by atoms with E-state index in [-0.39, 0.29) is 12.4 Å². The van der Waals surface area contributed by atoms with Gasteiger partial charge in [-0.05, 0) is 27.2 Å². The maximum absolute atomic E-state index is 11.2. The highest BCUT2D eigenvalue weighted by Crippen LogP contribution is 2.10. The smallest absolute Gasteiger partial charge is 0.308 e. The van der Waals surface area contributed by atoms with Crippen LogP contribution in [0.5, 0.6) is 0 Å². The first-order valence-corrected chi connectivity index (χ1v) is 4.75. The van der Waals surface area contributed by atoms with Gasteiger partial charge in [0.15, 0.2) is 0 Å². The van der Waals surface area contributed by atoms with Gasteiger partial charge in [0.1, 0.15) is 5.60 Å². The van der Waals surface area contributed by atoms with Gasteiger partial charge in [-0.1, -0.05) is 13.3 Å². The van der Waals surface area contributed by atoms with Crippen molar-refractivity contribution >= 4 is 5.97 Å². The van der Waals surface area contributed by atoms with Crippen LogP contribution in [0.3, 0.4) is 0 Å². The Morgan fingerprint density at radius 2 is 2.00 bits per heavy atom. The number of aliphatic hydroxyl groups is 1. The minimum Gasteiger partial charge on any atom is -0.460 e. The minimum absolute atomic E-state index is 0.102. The molecular weight excluding hydrogens is 168 g/mol. The van der Waals surface area contributed by atoms with Crippen molar-refractivity contribution in [3.63, 3.8) is 0 Å².